The third-order valence-electron chi connectivity index (χ3n) is 5.70. The van der Waals surface area contributed by atoms with Crippen LogP contribution in [0.5, 0.6) is 0 Å². The first kappa shape index (κ1) is 15.7. The van der Waals surface area contributed by atoms with E-state index in [1.807, 2.05) is 0 Å². The van der Waals surface area contributed by atoms with Gasteiger partial charge in [0, 0.05) is 38.8 Å². The van der Waals surface area contributed by atoms with Gasteiger partial charge in [0.1, 0.15) is 0 Å². The molecule has 4 atom stereocenters. The Morgan fingerprint density at radius 1 is 1.10 bits per heavy atom. The zero-order valence-electron chi connectivity index (χ0n) is 13.1. The van der Waals surface area contributed by atoms with Crippen LogP contribution >= 0.6 is 0 Å². The molecule has 3 aliphatic rings. The van der Waals surface area contributed by atoms with Crippen molar-refractivity contribution in [2.75, 3.05) is 39.0 Å². The summed E-state index contributed by atoms with van der Waals surface area (Å²) in [5.41, 5.74) is 6.28. The van der Waals surface area contributed by atoms with Crippen molar-refractivity contribution in [3.8, 4) is 0 Å². The van der Waals surface area contributed by atoms with Crippen LogP contribution in [0.1, 0.15) is 32.1 Å². The summed E-state index contributed by atoms with van der Waals surface area (Å²) in [7, 11) is -3.03. The van der Waals surface area contributed by atoms with Gasteiger partial charge in [-0.3, -0.25) is 0 Å². The molecule has 2 heterocycles. The molecule has 4 unspecified atom stereocenters. The van der Waals surface area contributed by atoms with E-state index >= 15 is 0 Å². The van der Waals surface area contributed by atoms with E-state index in [-0.39, 0.29) is 0 Å². The lowest BCUT2D eigenvalue weighted by Gasteiger charge is -2.33. The average molecular weight is 315 g/mol. The second-order valence-corrected chi connectivity index (χ2v) is 9.35. The highest BCUT2D eigenvalue weighted by Gasteiger charge is 2.39. The second-order valence-electron chi connectivity index (χ2n) is 7.37. The van der Waals surface area contributed by atoms with Gasteiger partial charge < -0.3 is 10.6 Å². The normalized spacial score (nSPS) is 39.3. The molecule has 2 aliphatic heterocycles. The molecule has 1 saturated carbocycles. The van der Waals surface area contributed by atoms with Crippen molar-refractivity contribution in [2.45, 2.75) is 38.1 Å². The van der Waals surface area contributed by atoms with Crippen LogP contribution in [0.4, 0.5) is 0 Å². The van der Waals surface area contributed by atoms with Crippen molar-refractivity contribution >= 4 is 10.0 Å². The molecule has 0 spiro atoms. The first-order valence-corrected chi connectivity index (χ1v) is 10.2. The first-order chi connectivity index (χ1) is 9.93. The molecule has 2 saturated heterocycles. The number of likely N-dealkylation sites (tertiary alicyclic amines) is 1. The molecule has 5 nitrogen and oxygen atoms in total. The van der Waals surface area contributed by atoms with Crippen LogP contribution in [0.3, 0.4) is 0 Å². The quantitative estimate of drug-likeness (QED) is 0.833. The molecular formula is C15H29N3O2S. The third-order valence-corrected chi connectivity index (χ3v) is 6.97. The van der Waals surface area contributed by atoms with Gasteiger partial charge in [0.15, 0.2) is 0 Å². The van der Waals surface area contributed by atoms with Gasteiger partial charge in [-0.05, 0) is 43.4 Å². The number of hydrogen-bond acceptors (Lipinski definition) is 4. The summed E-state index contributed by atoms with van der Waals surface area (Å²) in [6.45, 7) is 4.75. The smallest absolute Gasteiger partial charge is 0.211 e. The number of nitrogens with two attached hydrogens (primary N) is 1. The monoisotopic (exact) mass is 315 g/mol. The van der Waals surface area contributed by atoms with Crippen molar-refractivity contribution in [2.24, 2.45) is 23.5 Å². The fourth-order valence-corrected chi connectivity index (χ4v) is 5.54. The van der Waals surface area contributed by atoms with Crippen molar-refractivity contribution in [3.63, 3.8) is 0 Å². The lowest BCUT2D eigenvalue weighted by atomic mass is 9.78. The fraction of sp³-hybridized carbons (Fsp3) is 1.00. The van der Waals surface area contributed by atoms with Gasteiger partial charge >= 0.3 is 0 Å². The third kappa shape index (κ3) is 3.60. The standard InChI is InChI=1S/C15H29N3O2S/c1-21(19,20)18-7-3-4-12(9-18)8-17-10-13-5-2-6-15(16)14(13)11-17/h12-15H,2-11,16H2,1H3. The summed E-state index contributed by atoms with van der Waals surface area (Å²) in [5, 5.41) is 0. The fourth-order valence-electron chi connectivity index (χ4n) is 4.60. The SMILES string of the molecule is CS(=O)(=O)N1CCCC(CN2CC3CCCC(N)C3C2)C1. The van der Waals surface area contributed by atoms with Crippen LogP contribution in [0.2, 0.25) is 0 Å². The number of hydrogen-bond donors (Lipinski definition) is 1. The molecule has 3 fully saturated rings. The molecule has 122 valence electrons. The van der Waals surface area contributed by atoms with Gasteiger partial charge in [0.05, 0.1) is 6.26 Å². The summed E-state index contributed by atoms with van der Waals surface area (Å²) in [4.78, 5) is 2.55. The molecule has 0 bridgehead atoms. The van der Waals surface area contributed by atoms with E-state index in [2.05, 4.69) is 4.90 Å². The van der Waals surface area contributed by atoms with E-state index in [0.717, 1.165) is 31.8 Å². The Morgan fingerprint density at radius 3 is 2.62 bits per heavy atom. The predicted molar refractivity (Wildman–Crippen MR) is 84.4 cm³/mol. The minimum absolute atomic E-state index is 0.382. The lowest BCUT2D eigenvalue weighted by molar-refractivity contribution is 0.195. The van der Waals surface area contributed by atoms with Crippen LogP contribution in [-0.4, -0.2) is 62.6 Å². The number of fused-ring (bicyclic) bond motifs is 1. The van der Waals surface area contributed by atoms with Crippen molar-refractivity contribution < 1.29 is 8.42 Å². The summed E-state index contributed by atoms with van der Waals surface area (Å²) >= 11 is 0. The van der Waals surface area contributed by atoms with Crippen molar-refractivity contribution in [1.82, 2.24) is 9.21 Å². The maximum atomic E-state index is 11.7. The largest absolute Gasteiger partial charge is 0.327 e. The Morgan fingerprint density at radius 2 is 1.90 bits per heavy atom. The zero-order valence-corrected chi connectivity index (χ0v) is 13.9. The van der Waals surface area contributed by atoms with Crippen LogP contribution in [-0.2, 0) is 10.0 Å². The zero-order chi connectivity index (χ0) is 15.0. The molecule has 21 heavy (non-hydrogen) atoms. The number of sulfonamides is 1. The van der Waals surface area contributed by atoms with E-state index in [1.165, 1.54) is 32.1 Å². The predicted octanol–water partition coefficient (Wildman–Crippen LogP) is 0.717. The first-order valence-electron chi connectivity index (χ1n) is 8.36. The molecule has 0 aromatic rings. The molecule has 0 amide bonds. The Balaban J connectivity index is 1.55. The van der Waals surface area contributed by atoms with Crippen molar-refractivity contribution in [3.05, 3.63) is 0 Å². The summed E-state index contributed by atoms with van der Waals surface area (Å²) in [6, 6.07) is 0.382. The van der Waals surface area contributed by atoms with E-state index in [1.54, 1.807) is 4.31 Å². The average Bonchev–Trinajstić information content (AvgIpc) is 2.82. The Bertz CT molecular complexity index is 468. The van der Waals surface area contributed by atoms with Gasteiger partial charge in [0.2, 0.25) is 10.0 Å². The Hall–Kier alpha value is -0.170. The van der Waals surface area contributed by atoms with E-state index in [0.29, 0.717) is 31.0 Å². The summed E-state index contributed by atoms with van der Waals surface area (Å²) in [5.74, 6) is 1.95. The maximum Gasteiger partial charge on any atom is 0.211 e. The van der Waals surface area contributed by atoms with Gasteiger partial charge in [-0.15, -0.1) is 0 Å². The van der Waals surface area contributed by atoms with E-state index < -0.39 is 10.0 Å². The molecule has 2 N–H and O–H groups in total. The lowest BCUT2D eigenvalue weighted by Crippen LogP contribution is -2.43. The van der Waals surface area contributed by atoms with Gasteiger partial charge in [0.25, 0.3) is 0 Å². The highest BCUT2D eigenvalue weighted by molar-refractivity contribution is 7.88. The number of rotatable bonds is 3. The molecule has 3 rings (SSSR count). The van der Waals surface area contributed by atoms with E-state index in [4.69, 9.17) is 5.73 Å². The Labute approximate surface area is 128 Å². The minimum Gasteiger partial charge on any atom is -0.327 e. The highest BCUT2D eigenvalue weighted by Crippen LogP contribution is 2.36. The molecular weight excluding hydrogens is 286 g/mol. The summed E-state index contributed by atoms with van der Waals surface area (Å²) in [6.07, 6.45) is 7.28. The van der Waals surface area contributed by atoms with Crippen LogP contribution in [0.15, 0.2) is 0 Å². The van der Waals surface area contributed by atoms with Crippen LogP contribution < -0.4 is 5.73 Å². The minimum atomic E-state index is -3.03. The van der Waals surface area contributed by atoms with Crippen LogP contribution in [0, 0.1) is 17.8 Å². The number of piperidine rings is 1. The molecule has 0 aromatic heterocycles. The van der Waals surface area contributed by atoms with Gasteiger partial charge in [-0.1, -0.05) is 6.42 Å². The molecule has 1 aliphatic carbocycles. The van der Waals surface area contributed by atoms with Crippen molar-refractivity contribution in [1.29, 1.82) is 0 Å². The summed E-state index contributed by atoms with van der Waals surface area (Å²) < 4.78 is 25.1. The Kier molecular flexibility index (Phi) is 4.60. The van der Waals surface area contributed by atoms with Crippen LogP contribution in [0.25, 0.3) is 0 Å². The molecule has 6 heteroatoms. The van der Waals surface area contributed by atoms with Gasteiger partial charge in [-0.2, -0.15) is 0 Å². The van der Waals surface area contributed by atoms with E-state index in [9.17, 15) is 8.42 Å². The topological polar surface area (TPSA) is 66.6 Å². The molecule has 0 aromatic carbocycles. The van der Waals surface area contributed by atoms with Gasteiger partial charge in [-0.25, -0.2) is 12.7 Å². The molecule has 0 radical (unpaired) electrons. The maximum absolute atomic E-state index is 11.7. The highest BCUT2D eigenvalue weighted by atomic mass is 32.2. The second kappa shape index (κ2) is 6.14. The number of nitrogens with zero attached hydrogens (tertiary/aromatic N) is 2.